The van der Waals surface area contributed by atoms with Crippen LogP contribution in [-0.4, -0.2) is 18.3 Å². The van der Waals surface area contributed by atoms with E-state index in [9.17, 15) is 4.79 Å². The number of alkyl halides is 1. The number of nitrogens with zero attached hydrogens (tertiary/aromatic N) is 2. The number of carbonyl (C=O) groups is 1. The predicted octanol–water partition coefficient (Wildman–Crippen LogP) is 2.83. The molecule has 0 aliphatic rings. The SMILES string of the molecule is [C-]#[N+]c1cccc(N(CC)C(=O)CCl)c1. The lowest BCUT2D eigenvalue weighted by Crippen LogP contribution is -2.31. The maximum absolute atomic E-state index is 11.5. The van der Waals surface area contributed by atoms with Gasteiger partial charge in [0.1, 0.15) is 5.88 Å². The van der Waals surface area contributed by atoms with Gasteiger partial charge < -0.3 is 4.90 Å². The van der Waals surface area contributed by atoms with Gasteiger partial charge in [-0.05, 0) is 19.1 Å². The quantitative estimate of drug-likeness (QED) is 0.570. The number of anilines is 1. The average molecular weight is 223 g/mol. The molecule has 0 N–H and O–H groups in total. The molecule has 0 saturated heterocycles. The van der Waals surface area contributed by atoms with Gasteiger partial charge in [0.15, 0.2) is 5.69 Å². The first-order valence-corrected chi connectivity index (χ1v) is 5.10. The van der Waals surface area contributed by atoms with Gasteiger partial charge in [-0.2, -0.15) is 0 Å². The van der Waals surface area contributed by atoms with E-state index < -0.39 is 0 Å². The molecule has 1 aromatic carbocycles. The maximum Gasteiger partial charge on any atom is 0.241 e. The molecule has 1 aromatic rings. The zero-order valence-corrected chi connectivity index (χ0v) is 9.16. The van der Waals surface area contributed by atoms with Gasteiger partial charge >= 0.3 is 0 Å². The minimum absolute atomic E-state index is 0.0456. The second-order valence-corrected chi connectivity index (χ2v) is 3.17. The summed E-state index contributed by atoms with van der Waals surface area (Å²) in [4.78, 5) is 16.3. The Bertz CT molecular complexity index is 398. The summed E-state index contributed by atoms with van der Waals surface area (Å²) in [6.07, 6.45) is 0. The lowest BCUT2D eigenvalue weighted by Gasteiger charge is -2.20. The van der Waals surface area contributed by atoms with Crippen LogP contribution in [0.15, 0.2) is 24.3 Å². The normalized spacial score (nSPS) is 9.40. The topological polar surface area (TPSA) is 24.7 Å². The standard InChI is InChI=1S/C11H11ClN2O/c1-3-14(11(15)8-12)10-6-4-5-9(7-10)13-2/h4-7H,3,8H2,1H3. The second-order valence-electron chi connectivity index (χ2n) is 2.90. The van der Waals surface area contributed by atoms with Crippen LogP contribution in [0.25, 0.3) is 4.85 Å². The van der Waals surface area contributed by atoms with E-state index in [1.807, 2.05) is 6.92 Å². The van der Waals surface area contributed by atoms with Crippen LogP contribution >= 0.6 is 11.6 Å². The number of benzene rings is 1. The average Bonchev–Trinajstić information content (AvgIpc) is 2.30. The molecule has 1 rings (SSSR count). The number of halogens is 1. The lowest BCUT2D eigenvalue weighted by molar-refractivity contribution is -0.116. The van der Waals surface area contributed by atoms with Gasteiger partial charge in [0.05, 0.1) is 6.57 Å². The van der Waals surface area contributed by atoms with Crippen LogP contribution < -0.4 is 4.90 Å². The first-order chi connectivity index (χ1) is 7.22. The molecule has 0 spiro atoms. The van der Waals surface area contributed by atoms with E-state index in [-0.39, 0.29) is 11.8 Å². The van der Waals surface area contributed by atoms with Gasteiger partial charge in [0, 0.05) is 12.2 Å². The van der Waals surface area contributed by atoms with Crippen molar-refractivity contribution in [2.45, 2.75) is 6.92 Å². The number of hydrogen-bond acceptors (Lipinski definition) is 1. The first-order valence-electron chi connectivity index (χ1n) is 4.56. The Labute approximate surface area is 94.1 Å². The second kappa shape index (κ2) is 5.38. The smallest absolute Gasteiger partial charge is 0.241 e. The van der Waals surface area contributed by atoms with Gasteiger partial charge in [-0.15, -0.1) is 11.6 Å². The van der Waals surface area contributed by atoms with Crippen LogP contribution in [0.5, 0.6) is 0 Å². The molecule has 0 unspecified atom stereocenters. The Morgan fingerprint density at radius 2 is 2.33 bits per heavy atom. The van der Waals surface area contributed by atoms with Crippen molar-refractivity contribution in [3.8, 4) is 0 Å². The summed E-state index contributed by atoms with van der Waals surface area (Å²) in [6, 6.07) is 6.94. The molecular formula is C11H11ClN2O. The molecule has 4 heteroatoms. The van der Waals surface area contributed by atoms with Crippen molar-refractivity contribution in [1.29, 1.82) is 0 Å². The highest BCUT2D eigenvalue weighted by molar-refractivity contribution is 6.29. The fraction of sp³-hybridized carbons (Fsp3) is 0.273. The minimum atomic E-state index is -0.152. The molecule has 0 aromatic heterocycles. The third-order valence-corrected chi connectivity index (χ3v) is 2.23. The van der Waals surface area contributed by atoms with E-state index in [4.69, 9.17) is 18.2 Å². The van der Waals surface area contributed by atoms with E-state index in [0.29, 0.717) is 12.2 Å². The zero-order valence-electron chi connectivity index (χ0n) is 8.40. The monoisotopic (exact) mass is 222 g/mol. The lowest BCUT2D eigenvalue weighted by atomic mass is 10.2. The van der Waals surface area contributed by atoms with Crippen LogP contribution in [-0.2, 0) is 4.79 Å². The molecule has 3 nitrogen and oxygen atoms in total. The summed E-state index contributed by atoms with van der Waals surface area (Å²) >= 11 is 5.50. The van der Waals surface area contributed by atoms with Crippen LogP contribution in [0.4, 0.5) is 11.4 Å². The highest BCUT2D eigenvalue weighted by Crippen LogP contribution is 2.21. The van der Waals surface area contributed by atoms with Gasteiger partial charge in [0.25, 0.3) is 0 Å². The summed E-state index contributed by atoms with van der Waals surface area (Å²) in [5.74, 6) is -0.197. The van der Waals surface area contributed by atoms with Crippen molar-refractivity contribution in [1.82, 2.24) is 0 Å². The van der Waals surface area contributed by atoms with Crippen LogP contribution in [0, 0.1) is 6.57 Å². The molecule has 0 saturated carbocycles. The van der Waals surface area contributed by atoms with E-state index in [1.54, 1.807) is 29.2 Å². The molecule has 1 amide bonds. The van der Waals surface area contributed by atoms with Crippen molar-refractivity contribution < 1.29 is 4.79 Å². The fourth-order valence-electron chi connectivity index (χ4n) is 1.31. The minimum Gasteiger partial charge on any atom is -0.313 e. The Morgan fingerprint density at radius 1 is 1.60 bits per heavy atom. The largest absolute Gasteiger partial charge is 0.313 e. The molecule has 15 heavy (non-hydrogen) atoms. The van der Waals surface area contributed by atoms with Crippen LogP contribution in [0.3, 0.4) is 0 Å². The summed E-state index contributed by atoms with van der Waals surface area (Å²) in [5.41, 5.74) is 1.24. The highest BCUT2D eigenvalue weighted by atomic mass is 35.5. The number of carbonyl (C=O) groups excluding carboxylic acids is 1. The number of amides is 1. The van der Waals surface area contributed by atoms with Crippen LogP contribution in [0.2, 0.25) is 0 Å². The molecule has 0 fully saturated rings. The molecule has 0 atom stereocenters. The van der Waals surface area contributed by atoms with Crippen molar-refractivity contribution >= 4 is 28.9 Å². The van der Waals surface area contributed by atoms with Gasteiger partial charge in [-0.25, -0.2) is 4.85 Å². The van der Waals surface area contributed by atoms with E-state index in [0.717, 1.165) is 5.69 Å². The first kappa shape index (κ1) is 11.5. The molecule has 78 valence electrons. The van der Waals surface area contributed by atoms with Gasteiger partial charge in [0.2, 0.25) is 5.91 Å². The third-order valence-electron chi connectivity index (χ3n) is 2.00. The predicted molar refractivity (Wildman–Crippen MR) is 61.5 cm³/mol. The van der Waals surface area contributed by atoms with Crippen LogP contribution in [0.1, 0.15) is 6.92 Å². The molecular weight excluding hydrogens is 212 g/mol. The highest BCUT2D eigenvalue weighted by Gasteiger charge is 2.12. The molecule has 0 radical (unpaired) electrons. The van der Waals surface area contributed by atoms with Crippen molar-refractivity contribution in [2.75, 3.05) is 17.3 Å². The molecule has 0 aliphatic heterocycles. The number of rotatable bonds is 3. The van der Waals surface area contributed by atoms with E-state index in [1.165, 1.54) is 0 Å². The van der Waals surface area contributed by atoms with Crippen molar-refractivity contribution in [3.63, 3.8) is 0 Å². The molecule has 0 aliphatic carbocycles. The van der Waals surface area contributed by atoms with Crippen molar-refractivity contribution in [3.05, 3.63) is 35.7 Å². The van der Waals surface area contributed by atoms with E-state index >= 15 is 0 Å². The van der Waals surface area contributed by atoms with E-state index in [2.05, 4.69) is 4.85 Å². The zero-order chi connectivity index (χ0) is 11.3. The Balaban J connectivity index is 3.02. The summed E-state index contributed by atoms with van der Waals surface area (Å²) in [5, 5.41) is 0. The Hall–Kier alpha value is -1.53. The summed E-state index contributed by atoms with van der Waals surface area (Å²) in [7, 11) is 0. The molecule has 0 bridgehead atoms. The van der Waals surface area contributed by atoms with Gasteiger partial charge in [-0.3, -0.25) is 4.79 Å². The summed E-state index contributed by atoms with van der Waals surface area (Å²) in [6.45, 7) is 9.30. The molecule has 0 heterocycles. The Morgan fingerprint density at radius 3 is 2.87 bits per heavy atom. The van der Waals surface area contributed by atoms with Crippen molar-refractivity contribution in [2.24, 2.45) is 0 Å². The maximum atomic E-state index is 11.5. The summed E-state index contributed by atoms with van der Waals surface area (Å²) < 4.78 is 0. The van der Waals surface area contributed by atoms with Gasteiger partial charge in [-0.1, -0.05) is 12.1 Å². The number of hydrogen-bond donors (Lipinski definition) is 0. The Kier molecular flexibility index (Phi) is 4.14. The fourth-order valence-corrected chi connectivity index (χ4v) is 1.45. The third kappa shape index (κ3) is 2.71.